The standard InChI is InChI=1S/C52H60N8O8/c1-11-13-19-57-46(64)31-25-37-38(26-32(31)47(57)65)54-59(53-37)41-22-29(15-16-43(61)68-10)21-36(45(41)63)52(8,9)18-17-51(6,7)30-23-35(50(3,4)5)44(62)42(24-30)60-55-39-27-33-34(28-40(39)56-60)49(67)58(48(33)66)20-14-12-2/h21-28,62-63H,11-20H2,1-10H3. The molecule has 0 aliphatic carbocycles. The fourth-order valence-corrected chi connectivity index (χ4v) is 9.13. The summed E-state index contributed by atoms with van der Waals surface area (Å²) in [5.74, 6) is -1.85. The number of unbranched alkanes of at least 4 members (excludes halogenated alkanes) is 2. The molecule has 4 amide bonds. The molecule has 2 aliphatic heterocycles. The van der Waals surface area contributed by atoms with Crippen LogP contribution in [0.4, 0.5) is 0 Å². The molecule has 0 spiro atoms. The molecule has 0 saturated carbocycles. The molecule has 0 bridgehead atoms. The summed E-state index contributed by atoms with van der Waals surface area (Å²) in [5, 5.41) is 42.9. The van der Waals surface area contributed by atoms with Gasteiger partial charge in [-0.15, -0.1) is 30.0 Å². The van der Waals surface area contributed by atoms with Gasteiger partial charge in [0.25, 0.3) is 23.6 Å². The molecule has 0 fully saturated rings. The van der Waals surface area contributed by atoms with E-state index in [4.69, 9.17) is 25.1 Å². The zero-order valence-corrected chi connectivity index (χ0v) is 40.6. The number of rotatable bonds is 16. The van der Waals surface area contributed by atoms with Crippen LogP contribution in [0.1, 0.15) is 171 Å². The van der Waals surface area contributed by atoms with E-state index in [9.17, 15) is 34.2 Å². The Hall–Kier alpha value is -6.97. The van der Waals surface area contributed by atoms with Gasteiger partial charge in [-0.2, -0.15) is 0 Å². The number of carbonyl (C=O) groups excluding carboxylic acids is 5. The highest BCUT2D eigenvalue weighted by molar-refractivity contribution is 6.23. The van der Waals surface area contributed by atoms with Crippen LogP contribution in [0.3, 0.4) is 0 Å². The van der Waals surface area contributed by atoms with Crippen molar-refractivity contribution < 1.29 is 38.9 Å². The average Bonchev–Trinajstić information content (AvgIpc) is 4.03. The molecule has 4 heterocycles. The van der Waals surface area contributed by atoms with Crippen LogP contribution in [-0.4, -0.2) is 99.8 Å². The maximum absolute atomic E-state index is 13.3. The van der Waals surface area contributed by atoms with E-state index in [1.54, 1.807) is 30.3 Å². The van der Waals surface area contributed by atoms with Crippen LogP contribution in [0.2, 0.25) is 0 Å². The van der Waals surface area contributed by atoms with E-state index in [-0.39, 0.29) is 75.5 Å². The number of amides is 4. The maximum Gasteiger partial charge on any atom is 0.305 e. The van der Waals surface area contributed by atoms with Crippen LogP contribution in [0.15, 0.2) is 48.5 Å². The first kappa shape index (κ1) is 47.5. The number of hydrogen-bond donors (Lipinski definition) is 2. The Balaban J connectivity index is 1.12. The smallest absolute Gasteiger partial charge is 0.305 e. The third-order valence-electron chi connectivity index (χ3n) is 13.6. The van der Waals surface area contributed by atoms with Gasteiger partial charge in [0.15, 0.2) is 0 Å². The number of esters is 1. The molecule has 0 atom stereocenters. The Morgan fingerprint density at radius 2 is 0.985 bits per heavy atom. The predicted octanol–water partition coefficient (Wildman–Crippen LogP) is 8.80. The van der Waals surface area contributed by atoms with Gasteiger partial charge in [0.05, 0.1) is 29.4 Å². The normalized spacial score (nSPS) is 14.3. The molecule has 0 saturated heterocycles. The number of imide groups is 2. The minimum absolute atomic E-state index is 0.0148. The summed E-state index contributed by atoms with van der Waals surface area (Å²) >= 11 is 0. The number of nitrogens with zero attached hydrogens (tertiary/aromatic N) is 8. The number of phenolic OH excluding ortho intramolecular Hbond substituents is 2. The summed E-state index contributed by atoms with van der Waals surface area (Å²) in [6.07, 6.45) is 4.68. The molecule has 16 nitrogen and oxygen atoms in total. The number of fused-ring (bicyclic) bond motifs is 4. The number of hydrogen-bond acceptors (Lipinski definition) is 12. The van der Waals surface area contributed by atoms with Gasteiger partial charge in [0.2, 0.25) is 0 Å². The van der Waals surface area contributed by atoms with E-state index in [0.717, 1.165) is 24.0 Å². The van der Waals surface area contributed by atoms with Gasteiger partial charge in [-0.05, 0) is 95.9 Å². The predicted molar refractivity (Wildman–Crippen MR) is 256 cm³/mol. The first-order valence-corrected chi connectivity index (χ1v) is 23.4. The molecule has 0 unspecified atom stereocenters. The highest BCUT2D eigenvalue weighted by Gasteiger charge is 2.38. The molecule has 0 radical (unpaired) electrons. The largest absolute Gasteiger partial charge is 0.505 e. The molecule has 6 aromatic rings. The summed E-state index contributed by atoms with van der Waals surface area (Å²) in [4.78, 5) is 70.6. The van der Waals surface area contributed by atoms with Crippen molar-refractivity contribution in [2.75, 3.05) is 20.2 Å². The molecule has 4 aromatic carbocycles. The second kappa shape index (κ2) is 17.6. The van der Waals surface area contributed by atoms with Crippen molar-refractivity contribution in [1.82, 2.24) is 39.8 Å². The van der Waals surface area contributed by atoms with E-state index < -0.39 is 16.2 Å². The molecular weight excluding hydrogens is 865 g/mol. The van der Waals surface area contributed by atoms with Crippen molar-refractivity contribution in [3.05, 3.63) is 93.0 Å². The Bertz CT molecular complexity index is 2960. The third kappa shape index (κ3) is 8.49. The maximum atomic E-state index is 13.3. The minimum Gasteiger partial charge on any atom is -0.505 e. The fourth-order valence-electron chi connectivity index (χ4n) is 9.13. The first-order chi connectivity index (χ1) is 32.1. The molecular formula is C52H60N8O8. The quantitative estimate of drug-likeness (QED) is 0.0691. The number of aromatic hydroxyl groups is 2. The summed E-state index contributed by atoms with van der Waals surface area (Å²) in [6.45, 7) is 19.1. The van der Waals surface area contributed by atoms with Crippen molar-refractivity contribution in [1.29, 1.82) is 0 Å². The number of ether oxygens (including phenoxy) is 1. The number of benzene rings is 4. The van der Waals surface area contributed by atoms with Crippen LogP contribution in [0.25, 0.3) is 33.4 Å². The van der Waals surface area contributed by atoms with Crippen molar-refractivity contribution in [3.63, 3.8) is 0 Å². The monoisotopic (exact) mass is 924 g/mol. The lowest BCUT2D eigenvalue weighted by Crippen LogP contribution is -2.30. The Morgan fingerprint density at radius 3 is 1.40 bits per heavy atom. The molecule has 2 aliphatic rings. The number of carbonyl (C=O) groups is 5. The zero-order valence-electron chi connectivity index (χ0n) is 40.6. The average molecular weight is 925 g/mol. The Kier molecular flexibility index (Phi) is 12.3. The van der Waals surface area contributed by atoms with Crippen LogP contribution in [0.5, 0.6) is 11.5 Å². The third-order valence-corrected chi connectivity index (χ3v) is 13.6. The highest BCUT2D eigenvalue weighted by atomic mass is 16.5. The molecule has 8 rings (SSSR count). The SMILES string of the molecule is CCCCN1C(=O)c2cc3nn(-c4cc(C(C)(C)CCC(C)(C)c5cc(CCC(=O)OC)cc(-n6nc7cc8c(cc7n6)C(=O)N(CCCC)C8=O)c5O)cc(C(C)(C)C)c4O)nc3cc2C1=O. The van der Waals surface area contributed by atoms with E-state index >= 15 is 0 Å². The van der Waals surface area contributed by atoms with Crippen LogP contribution in [-0.2, 0) is 32.2 Å². The molecule has 2 N–H and O–H groups in total. The van der Waals surface area contributed by atoms with E-state index in [1.165, 1.54) is 26.5 Å². The highest BCUT2D eigenvalue weighted by Crippen LogP contribution is 2.45. The van der Waals surface area contributed by atoms with Gasteiger partial charge < -0.3 is 14.9 Å². The van der Waals surface area contributed by atoms with Gasteiger partial charge in [0, 0.05) is 30.6 Å². The van der Waals surface area contributed by atoms with Crippen molar-refractivity contribution >= 4 is 51.7 Å². The molecule has 68 heavy (non-hydrogen) atoms. The zero-order chi connectivity index (χ0) is 49.2. The van der Waals surface area contributed by atoms with Gasteiger partial charge in [0.1, 0.15) is 44.9 Å². The summed E-state index contributed by atoms with van der Waals surface area (Å²) in [5.41, 5.74) is 4.62. The summed E-state index contributed by atoms with van der Waals surface area (Å²) in [7, 11) is 1.34. The Morgan fingerprint density at radius 1 is 0.574 bits per heavy atom. The molecule has 16 heteroatoms. The van der Waals surface area contributed by atoms with Crippen LogP contribution >= 0.6 is 0 Å². The van der Waals surface area contributed by atoms with Crippen molar-refractivity contribution in [2.45, 2.75) is 130 Å². The topological polar surface area (TPSA) is 203 Å². The Labute approximate surface area is 395 Å². The van der Waals surface area contributed by atoms with E-state index in [1.807, 2.05) is 66.7 Å². The second-order valence-corrected chi connectivity index (χ2v) is 20.5. The minimum atomic E-state index is -0.666. The number of aromatic nitrogens is 6. The van der Waals surface area contributed by atoms with E-state index in [2.05, 4.69) is 13.8 Å². The lowest BCUT2D eigenvalue weighted by atomic mass is 9.71. The van der Waals surface area contributed by atoms with Crippen LogP contribution in [0, 0.1) is 0 Å². The second-order valence-electron chi connectivity index (χ2n) is 20.5. The fraction of sp³-hybridized carbons (Fsp3) is 0.442. The number of methoxy groups -OCH3 is 1. The van der Waals surface area contributed by atoms with Crippen molar-refractivity contribution in [2.24, 2.45) is 0 Å². The van der Waals surface area contributed by atoms with Crippen LogP contribution < -0.4 is 0 Å². The van der Waals surface area contributed by atoms with E-state index in [0.29, 0.717) is 84.1 Å². The van der Waals surface area contributed by atoms with Gasteiger partial charge in [-0.25, -0.2) is 0 Å². The first-order valence-electron chi connectivity index (χ1n) is 23.4. The lowest BCUT2D eigenvalue weighted by Gasteiger charge is -2.34. The van der Waals surface area contributed by atoms with Gasteiger partial charge in [-0.3, -0.25) is 33.8 Å². The molecule has 2 aromatic heterocycles. The van der Waals surface area contributed by atoms with Gasteiger partial charge >= 0.3 is 5.97 Å². The lowest BCUT2D eigenvalue weighted by molar-refractivity contribution is -0.140. The number of phenols is 2. The number of aryl methyl sites for hydroxylation is 1. The summed E-state index contributed by atoms with van der Waals surface area (Å²) in [6, 6.07) is 13.9. The van der Waals surface area contributed by atoms with Gasteiger partial charge in [-0.1, -0.05) is 87.3 Å². The molecule has 356 valence electrons. The van der Waals surface area contributed by atoms with Crippen molar-refractivity contribution in [3.8, 4) is 22.9 Å². The summed E-state index contributed by atoms with van der Waals surface area (Å²) < 4.78 is 4.95.